The zero-order valence-corrected chi connectivity index (χ0v) is 59.8. The molecule has 2 aliphatic heterocycles. The summed E-state index contributed by atoms with van der Waals surface area (Å²) in [6.45, 7) is -1.05. The van der Waals surface area contributed by atoms with Crippen molar-refractivity contribution in [3.8, 4) is 0 Å². The number of carbonyl (C=O) groups excluding carboxylic acids is 11. The maximum atomic E-state index is 14.2. The van der Waals surface area contributed by atoms with Crippen LogP contribution in [0.2, 0.25) is 0 Å². The zero-order chi connectivity index (χ0) is 72.3. The SMILES string of the molecule is Nc1nc2ncc(CNc3ccc(C(=O)NC(CCC(=O)Nc4ccc(NC(=O)CN5CCN(CC(=O)[O-])CCN(CC(=O)[O-])CCN(CC(=O)[O-])CC5)cc4)C(=O)Nc4ccc(NC(=O)CN5CCN(CC(=O)[O-])CCN(CC(=O)[O-])CCN(CC(=O)[O-])CC5)cc4)cc3)nc2c(=O)[nH]1.[153Gd+3].[153Gd+3]. The van der Waals surface area contributed by atoms with Crippen molar-refractivity contribution in [1.29, 1.82) is 0 Å². The van der Waals surface area contributed by atoms with Crippen LogP contribution >= 0.6 is 0 Å². The molecule has 2 fully saturated rings. The van der Waals surface area contributed by atoms with Crippen LogP contribution in [0, 0.1) is 79.9 Å². The molecule has 0 aliphatic carbocycles. The molecular weight excluding hydrogens is 1620 g/mol. The maximum absolute atomic E-state index is 14.2. The van der Waals surface area contributed by atoms with Gasteiger partial charge in [-0.3, -0.25) is 73.0 Å². The van der Waals surface area contributed by atoms with Crippen LogP contribution in [0.1, 0.15) is 28.9 Å². The zero-order valence-electron chi connectivity index (χ0n) is 55.2. The quantitative estimate of drug-likeness (QED) is 0.0220. The van der Waals surface area contributed by atoms with Gasteiger partial charge < -0.3 is 97.0 Å². The van der Waals surface area contributed by atoms with Crippen molar-refractivity contribution in [2.75, 3.05) is 189 Å². The van der Waals surface area contributed by atoms with Gasteiger partial charge in [0, 0.05) is 184 Å². The van der Waals surface area contributed by atoms with Crippen LogP contribution in [0.3, 0.4) is 0 Å². The van der Waals surface area contributed by atoms with Gasteiger partial charge in [0.25, 0.3) is 11.5 Å². The number of carbonyl (C=O) groups is 11. The Bertz CT molecular complexity index is 3690. The molecule has 0 spiro atoms. The number of amides is 5. The molecule has 548 valence electrons. The molecule has 0 bridgehead atoms. The molecule has 5 aromatic rings. The molecule has 1 atom stereocenters. The van der Waals surface area contributed by atoms with Crippen LogP contribution in [0.25, 0.3) is 11.2 Å². The second-order valence-corrected chi connectivity index (χ2v) is 23.7. The van der Waals surface area contributed by atoms with Crippen molar-refractivity contribution in [1.82, 2.24) is 64.5 Å². The average Bonchev–Trinajstić information content (AvgIpc) is 0.814. The fourth-order valence-corrected chi connectivity index (χ4v) is 10.8. The topological polar surface area (TPSA) is 522 Å². The van der Waals surface area contributed by atoms with Crippen molar-refractivity contribution >= 4 is 111 Å². The molecule has 39 heteroatoms. The molecule has 9 N–H and O–H groups in total. The molecule has 3 aromatic carbocycles. The first-order valence-corrected chi connectivity index (χ1v) is 31.8. The normalized spacial score (nSPS) is 15.9. The van der Waals surface area contributed by atoms with Gasteiger partial charge in [-0.25, -0.2) is 9.97 Å². The van der Waals surface area contributed by atoms with Gasteiger partial charge in [0.2, 0.25) is 29.6 Å². The standard InChI is InChI=1S/C63H83N19O18.2Gd/c64-63-73-59-58(62(100)74-63)70-47(32-66-59)31-65-42-3-1-41(2-4-42)60(98)72-48(61(99)71-46-11-9-45(10-12-46)69-51(85)34-76-17-21-79(37-54(90)91)25-29-82(40-57(96)97)30-26-80(22-18-76)38-55(92)93)13-14-49(83)67-43-5-7-44(8-6-43)68-50(84)33-75-15-19-77(35-52(86)87)23-27-81(39-56(94)95)28-24-78(20-16-75)36-53(88)89;;/h1-12,32,48,65H,13-31,33-40H2,(H,67,83)(H,68,84)(H,69,85)(H,71,99)(H,72,98)(H,86,87)(H,88,89)(H,90,91)(H,92,93)(H,94,95)(H,96,97)(H3,64,66,73,74,100);;/q;2*+3/p-6/i;2*1-4. The summed E-state index contributed by atoms with van der Waals surface area (Å²) in [7, 11) is 0. The summed E-state index contributed by atoms with van der Waals surface area (Å²) >= 11 is 0. The minimum absolute atomic E-state index is 0. The van der Waals surface area contributed by atoms with Gasteiger partial charge in [0.15, 0.2) is 11.2 Å². The van der Waals surface area contributed by atoms with E-state index in [1.165, 1.54) is 86.5 Å². The Hall–Kier alpha value is -8.02. The summed E-state index contributed by atoms with van der Waals surface area (Å²) in [6.07, 6.45) is 0.876. The third kappa shape index (κ3) is 30.9. The first kappa shape index (κ1) is 84.6. The number of nitrogen functional groups attached to an aromatic ring is 1. The number of hydrogen-bond acceptors (Lipinski definition) is 31. The van der Waals surface area contributed by atoms with Gasteiger partial charge in [-0.15, -0.1) is 0 Å². The third-order valence-electron chi connectivity index (χ3n) is 16.0. The minimum Gasteiger partial charge on any atom is -0.549 e. The Labute approximate surface area is 648 Å². The summed E-state index contributed by atoms with van der Waals surface area (Å²) < 4.78 is 0. The fraction of sp³-hybridized carbons (Fsp3) is 0.444. The van der Waals surface area contributed by atoms with Gasteiger partial charge >= 0.3 is 79.9 Å². The summed E-state index contributed by atoms with van der Waals surface area (Å²) in [4.78, 5) is 178. The number of anilines is 6. The predicted molar refractivity (Wildman–Crippen MR) is 346 cm³/mol. The number of H-pyrrole nitrogens is 1. The van der Waals surface area contributed by atoms with Crippen LogP contribution in [0.4, 0.5) is 34.4 Å². The molecule has 5 amide bonds. The van der Waals surface area contributed by atoms with Gasteiger partial charge in [0.1, 0.15) is 6.04 Å². The summed E-state index contributed by atoms with van der Waals surface area (Å²) in [6, 6.07) is 16.8. The van der Waals surface area contributed by atoms with Crippen LogP contribution in [0.15, 0.2) is 83.8 Å². The predicted octanol–water partition coefficient (Wildman–Crippen LogP) is -10.1. The molecule has 2 aromatic heterocycles. The van der Waals surface area contributed by atoms with Gasteiger partial charge in [0.05, 0.1) is 67.3 Å². The van der Waals surface area contributed by atoms with Crippen LogP contribution in [-0.4, -0.2) is 288 Å². The molecule has 2 radical (unpaired) electrons. The van der Waals surface area contributed by atoms with Gasteiger partial charge in [-0.05, 0) is 79.2 Å². The number of aliphatic carboxylic acids is 6. The van der Waals surface area contributed by atoms with Crippen molar-refractivity contribution in [2.45, 2.75) is 25.4 Å². The molecule has 2 saturated heterocycles. The van der Waals surface area contributed by atoms with E-state index < -0.39 is 116 Å². The fourth-order valence-electron chi connectivity index (χ4n) is 10.8. The molecule has 4 heterocycles. The van der Waals surface area contributed by atoms with E-state index in [1.807, 2.05) is 0 Å². The Morgan fingerprint density at radius 1 is 0.431 bits per heavy atom. The van der Waals surface area contributed by atoms with E-state index in [4.69, 9.17) is 5.73 Å². The number of nitrogens with zero attached hydrogens (tertiary/aromatic N) is 11. The van der Waals surface area contributed by atoms with Crippen molar-refractivity contribution < 1.29 is 163 Å². The Kier molecular flexibility index (Phi) is 35.8. The Morgan fingerprint density at radius 3 is 1.09 bits per heavy atom. The minimum atomic E-state index is -1.37. The number of aromatic nitrogens is 4. The summed E-state index contributed by atoms with van der Waals surface area (Å²) in [5.74, 6) is -11.3. The van der Waals surface area contributed by atoms with E-state index in [9.17, 15) is 88.2 Å². The number of benzene rings is 3. The van der Waals surface area contributed by atoms with Crippen LogP contribution < -0.4 is 73.8 Å². The maximum Gasteiger partial charge on any atom is 3.00 e. The molecule has 2 aliphatic rings. The number of fused-ring (bicyclic) bond motifs is 1. The monoisotopic (exact) mass is 1690 g/mol. The number of nitrogens with one attached hydrogen (secondary N) is 7. The third-order valence-corrected chi connectivity index (χ3v) is 16.0. The number of hydrogen-bond donors (Lipinski definition) is 8. The first-order valence-electron chi connectivity index (χ1n) is 31.8. The van der Waals surface area contributed by atoms with Crippen molar-refractivity contribution in [3.05, 3.63) is 101 Å². The molecule has 7 rings (SSSR count). The smallest absolute Gasteiger partial charge is 0.549 e. The number of carboxylic acid groups (broad SMARTS) is 6. The van der Waals surface area contributed by atoms with E-state index in [0.29, 0.717) is 28.4 Å². The molecular formula is C63H77Gd2N19O18. The van der Waals surface area contributed by atoms with Gasteiger partial charge in [-0.2, -0.15) is 4.98 Å². The van der Waals surface area contributed by atoms with E-state index >= 15 is 0 Å². The van der Waals surface area contributed by atoms with Crippen LogP contribution in [0.5, 0.6) is 0 Å². The number of aromatic amines is 1. The summed E-state index contributed by atoms with van der Waals surface area (Å²) in [5.41, 5.74) is 7.30. The van der Waals surface area contributed by atoms with Gasteiger partial charge in [-0.1, -0.05) is 0 Å². The number of rotatable bonds is 29. The van der Waals surface area contributed by atoms with Crippen molar-refractivity contribution in [3.63, 3.8) is 0 Å². The Morgan fingerprint density at radius 2 is 0.745 bits per heavy atom. The summed E-state index contributed by atoms with van der Waals surface area (Å²) in [5, 5.41) is 86.3. The molecule has 102 heavy (non-hydrogen) atoms. The molecule has 0 saturated carbocycles. The largest absolute Gasteiger partial charge is 3.00 e. The van der Waals surface area contributed by atoms with E-state index in [0.717, 1.165) is 0 Å². The number of carboxylic acids is 6. The van der Waals surface area contributed by atoms with Crippen LogP contribution in [-0.2, 0) is 54.5 Å². The average molecular weight is 1690 g/mol. The van der Waals surface area contributed by atoms with E-state index in [-0.39, 0.29) is 245 Å². The molecule has 1 unspecified atom stereocenters. The van der Waals surface area contributed by atoms with E-state index in [1.54, 1.807) is 31.7 Å². The van der Waals surface area contributed by atoms with Crippen molar-refractivity contribution in [2.24, 2.45) is 0 Å². The second-order valence-electron chi connectivity index (χ2n) is 23.7. The van der Waals surface area contributed by atoms with E-state index in [2.05, 4.69) is 51.8 Å². The number of nitrogens with two attached hydrogens (primary N) is 1. The first-order chi connectivity index (χ1) is 47.7. The Balaban J connectivity index is 0.00000936. The second kappa shape index (κ2) is 43.2. The molecule has 37 nitrogen and oxygen atoms in total.